The van der Waals surface area contributed by atoms with Crippen molar-refractivity contribution >= 4 is 51.7 Å². The Labute approximate surface area is 165 Å². The molecule has 2 aromatic rings. The third-order valence-electron chi connectivity index (χ3n) is 4.04. The van der Waals surface area contributed by atoms with Crippen molar-refractivity contribution < 1.29 is 14.0 Å². The molecule has 0 aliphatic carbocycles. The van der Waals surface area contributed by atoms with Gasteiger partial charge in [0.1, 0.15) is 11.1 Å². The van der Waals surface area contributed by atoms with Gasteiger partial charge in [-0.15, -0.1) is 0 Å². The second-order valence-corrected chi connectivity index (χ2v) is 7.64. The second-order valence-electron chi connectivity index (χ2n) is 6.06. The van der Waals surface area contributed by atoms with Crippen molar-refractivity contribution in [3.05, 3.63) is 58.9 Å². The topological polar surface area (TPSA) is 61.8 Å². The number of anilines is 1. The van der Waals surface area contributed by atoms with Crippen LogP contribution in [0.1, 0.15) is 12.0 Å². The number of thioether (sulfide) groups is 1. The van der Waals surface area contributed by atoms with E-state index >= 15 is 0 Å². The molecule has 0 spiro atoms. The quantitative estimate of drug-likeness (QED) is 0.821. The number of carbonyl (C=O) groups excluding carboxylic acids is 2. The predicted molar refractivity (Wildman–Crippen MR) is 107 cm³/mol. The van der Waals surface area contributed by atoms with Gasteiger partial charge in [-0.05, 0) is 36.8 Å². The van der Waals surface area contributed by atoms with E-state index in [2.05, 4.69) is 10.3 Å². The van der Waals surface area contributed by atoms with Crippen molar-refractivity contribution in [2.75, 3.05) is 12.4 Å². The van der Waals surface area contributed by atoms with Gasteiger partial charge in [0, 0.05) is 18.5 Å². The lowest BCUT2D eigenvalue weighted by atomic mass is 10.2. The molecule has 0 bridgehead atoms. The maximum Gasteiger partial charge on any atom is 0.242 e. The van der Waals surface area contributed by atoms with Crippen molar-refractivity contribution in [2.24, 2.45) is 4.99 Å². The number of amides is 2. The molecule has 0 radical (unpaired) electrons. The zero-order valence-corrected chi connectivity index (χ0v) is 16.3. The predicted octanol–water partition coefficient (Wildman–Crippen LogP) is 4.38. The first-order valence-electron chi connectivity index (χ1n) is 8.18. The number of para-hydroxylation sites is 1. The number of hydrogen-bond donors (Lipinski definition) is 1. The zero-order chi connectivity index (χ0) is 19.6. The van der Waals surface area contributed by atoms with Crippen molar-refractivity contribution in [3.63, 3.8) is 0 Å². The number of nitrogens with zero attached hydrogens (tertiary/aromatic N) is 2. The smallest absolute Gasteiger partial charge is 0.242 e. The Hall–Kier alpha value is -2.38. The van der Waals surface area contributed by atoms with Gasteiger partial charge in [0.2, 0.25) is 11.8 Å². The van der Waals surface area contributed by atoms with Crippen LogP contribution in [0.15, 0.2) is 47.5 Å². The average molecular weight is 406 g/mol. The molecule has 0 unspecified atom stereocenters. The lowest BCUT2D eigenvalue weighted by molar-refractivity contribution is -0.127. The first-order chi connectivity index (χ1) is 12.8. The molecule has 2 amide bonds. The third-order valence-corrected chi connectivity index (χ3v) is 5.68. The van der Waals surface area contributed by atoms with Crippen LogP contribution in [0.4, 0.5) is 15.8 Å². The fourth-order valence-electron chi connectivity index (χ4n) is 2.49. The summed E-state index contributed by atoms with van der Waals surface area (Å²) >= 11 is 7.32. The lowest BCUT2D eigenvalue weighted by Crippen LogP contribution is -2.30. The number of aryl methyl sites for hydroxylation is 1. The maximum absolute atomic E-state index is 13.6. The molecule has 1 saturated heterocycles. The van der Waals surface area contributed by atoms with Gasteiger partial charge >= 0.3 is 0 Å². The van der Waals surface area contributed by atoms with Gasteiger partial charge in [-0.3, -0.25) is 14.5 Å². The van der Waals surface area contributed by atoms with E-state index in [1.165, 1.54) is 34.9 Å². The number of halogens is 2. The van der Waals surface area contributed by atoms with E-state index in [1.807, 2.05) is 19.1 Å². The van der Waals surface area contributed by atoms with Crippen LogP contribution in [0.2, 0.25) is 5.02 Å². The van der Waals surface area contributed by atoms with Crippen LogP contribution < -0.4 is 5.32 Å². The van der Waals surface area contributed by atoms with E-state index in [-0.39, 0.29) is 18.0 Å². The van der Waals surface area contributed by atoms with Crippen molar-refractivity contribution in [2.45, 2.75) is 18.6 Å². The van der Waals surface area contributed by atoms with Gasteiger partial charge in [-0.1, -0.05) is 41.6 Å². The van der Waals surface area contributed by atoms with Crippen LogP contribution in [-0.2, 0) is 9.59 Å². The Morgan fingerprint density at radius 2 is 2.07 bits per heavy atom. The van der Waals surface area contributed by atoms with E-state index in [4.69, 9.17) is 11.6 Å². The Bertz CT molecular complexity index is 935. The first kappa shape index (κ1) is 19.4. The van der Waals surface area contributed by atoms with E-state index < -0.39 is 17.0 Å². The number of benzene rings is 2. The summed E-state index contributed by atoms with van der Waals surface area (Å²) in [5, 5.41) is 2.97. The highest BCUT2D eigenvalue weighted by Gasteiger charge is 2.37. The van der Waals surface area contributed by atoms with Crippen LogP contribution in [-0.4, -0.2) is 34.2 Å². The second kappa shape index (κ2) is 8.10. The van der Waals surface area contributed by atoms with Crippen LogP contribution in [0.25, 0.3) is 0 Å². The highest BCUT2D eigenvalue weighted by molar-refractivity contribution is 8.15. The number of nitrogens with one attached hydrogen (secondary N) is 1. The monoisotopic (exact) mass is 405 g/mol. The summed E-state index contributed by atoms with van der Waals surface area (Å²) in [6, 6.07) is 11.3. The third kappa shape index (κ3) is 4.48. The fraction of sp³-hybridized carbons (Fsp3) is 0.211. The Morgan fingerprint density at radius 3 is 2.78 bits per heavy atom. The number of carbonyl (C=O) groups is 2. The minimum Gasteiger partial charge on any atom is -0.324 e. The van der Waals surface area contributed by atoms with Gasteiger partial charge in [-0.2, -0.15) is 0 Å². The molecule has 0 saturated carbocycles. The van der Waals surface area contributed by atoms with Crippen molar-refractivity contribution in [1.82, 2.24) is 4.90 Å². The molecule has 5 nitrogen and oxygen atoms in total. The molecule has 1 aliphatic heterocycles. The van der Waals surface area contributed by atoms with Crippen LogP contribution >= 0.6 is 23.4 Å². The Morgan fingerprint density at radius 1 is 1.33 bits per heavy atom. The number of hydrogen-bond acceptors (Lipinski definition) is 4. The Kier molecular flexibility index (Phi) is 5.82. The summed E-state index contributed by atoms with van der Waals surface area (Å²) in [7, 11) is 1.61. The summed E-state index contributed by atoms with van der Waals surface area (Å²) in [6.45, 7) is 1.89. The molecular formula is C19H17ClFN3O2S. The minimum absolute atomic E-state index is 0.0736. The summed E-state index contributed by atoms with van der Waals surface area (Å²) in [5.74, 6) is -1.17. The van der Waals surface area contributed by atoms with Crippen molar-refractivity contribution in [1.29, 1.82) is 0 Å². The van der Waals surface area contributed by atoms with Crippen LogP contribution in [0, 0.1) is 12.7 Å². The zero-order valence-electron chi connectivity index (χ0n) is 14.7. The number of amidine groups is 1. The normalized spacial score (nSPS) is 18.2. The van der Waals surface area contributed by atoms with Crippen LogP contribution in [0.5, 0.6) is 0 Å². The van der Waals surface area contributed by atoms with E-state index in [0.717, 1.165) is 5.56 Å². The molecule has 1 aliphatic rings. The molecule has 8 heteroatoms. The molecule has 0 aromatic heterocycles. The molecule has 1 atom stereocenters. The molecule has 1 heterocycles. The van der Waals surface area contributed by atoms with Crippen molar-refractivity contribution in [3.8, 4) is 0 Å². The van der Waals surface area contributed by atoms with Gasteiger partial charge in [-0.25, -0.2) is 9.38 Å². The molecule has 27 heavy (non-hydrogen) atoms. The summed E-state index contributed by atoms with van der Waals surface area (Å²) in [5.41, 5.74) is 1.66. The van der Waals surface area contributed by atoms with E-state index in [9.17, 15) is 14.0 Å². The standard InChI is InChI=1S/C19H17ClFN3O2S/c1-11-7-8-12(9-13(11)20)22-19-24(2)18(26)16(27-19)10-17(25)23-15-6-4-3-5-14(15)21/h3-9,16H,10H2,1-2H3,(H,23,25)/t16-/m1/s1. The molecule has 3 rings (SSSR count). The summed E-state index contributed by atoms with van der Waals surface area (Å²) in [4.78, 5) is 30.5. The first-order valence-corrected chi connectivity index (χ1v) is 9.44. The number of rotatable bonds is 4. The number of aliphatic imine (C=N–C) groups is 1. The Balaban J connectivity index is 1.70. The molecule has 140 valence electrons. The SMILES string of the molecule is Cc1ccc(N=C2S[C@H](CC(=O)Nc3ccccc3F)C(=O)N2C)cc1Cl. The minimum atomic E-state index is -0.610. The largest absolute Gasteiger partial charge is 0.324 e. The molecule has 1 fully saturated rings. The fourth-order valence-corrected chi connectivity index (χ4v) is 3.82. The van der Waals surface area contributed by atoms with Gasteiger partial charge < -0.3 is 5.32 Å². The van der Waals surface area contributed by atoms with Gasteiger partial charge in [0.15, 0.2) is 5.17 Å². The van der Waals surface area contributed by atoms with E-state index in [1.54, 1.807) is 19.2 Å². The highest BCUT2D eigenvalue weighted by atomic mass is 35.5. The molecule has 1 N–H and O–H groups in total. The van der Waals surface area contributed by atoms with E-state index in [0.29, 0.717) is 15.9 Å². The summed E-state index contributed by atoms with van der Waals surface area (Å²) in [6.07, 6.45) is -0.0736. The van der Waals surface area contributed by atoms with Crippen LogP contribution in [0.3, 0.4) is 0 Å². The maximum atomic E-state index is 13.6. The summed E-state index contributed by atoms with van der Waals surface area (Å²) < 4.78 is 13.6. The molecule has 2 aromatic carbocycles. The molecular weight excluding hydrogens is 389 g/mol. The lowest BCUT2D eigenvalue weighted by Gasteiger charge is -2.09. The van der Waals surface area contributed by atoms with Gasteiger partial charge in [0.25, 0.3) is 0 Å². The van der Waals surface area contributed by atoms with Gasteiger partial charge in [0.05, 0.1) is 11.4 Å². The average Bonchev–Trinajstić information content (AvgIpc) is 2.88. The highest BCUT2D eigenvalue weighted by Crippen LogP contribution is 2.32.